The molecule has 1 N–H and O–H groups in total. The van der Waals surface area contributed by atoms with Crippen molar-refractivity contribution in [3.05, 3.63) is 16.1 Å². The lowest BCUT2D eigenvalue weighted by Gasteiger charge is -2.23. The van der Waals surface area contributed by atoms with Crippen molar-refractivity contribution in [1.82, 2.24) is 4.98 Å². The number of nitrogens with one attached hydrogen (secondary N) is 1. The Balaban J connectivity index is 3.02. The second kappa shape index (κ2) is 7.70. The van der Waals surface area contributed by atoms with Crippen LogP contribution in [0.5, 0.6) is 0 Å². The number of hydrogen-bond donors (Lipinski definition) is 1. The fourth-order valence-electron chi connectivity index (χ4n) is 1.73. The van der Waals surface area contributed by atoms with E-state index in [1.54, 1.807) is 6.07 Å². The van der Waals surface area contributed by atoms with Crippen LogP contribution in [0.25, 0.3) is 0 Å². The van der Waals surface area contributed by atoms with Crippen molar-refractivity contribution < 1.29 is 0 Å². The Hall–Kier alpha value is -0.670. The Kier molecular flexibility index (Phi) is 6.58. The third-order valence-electron chi connectivity index (χ3n) is 2.63. The molecule has 0 saturated heterocycles. The van der Waals surface area contributed by atoms with Gasteiger partial charge in [-0.2, -0.15) is 0 Å². The lowest BCUT2D eigenvalue weighted by molar-refractivity contribution is 0.779. The van der Waals surface area contributed by atoms with Gasteiger partial charge < -0.3 is 10.2 Å². The second-order valence-corrected chi connectivity index (χ2v) is 4.95. The molecule has 0 bridgehead atoms. The largest absolute Gasteiger partial charge is 0.369 e. The van der Waals surface area contributed by atoms with Crippen molar-refractivity contribution >= 4 is 34.8 Å². The number of halogens is 2. The molecule has 0 unspecified atom stereocenters. The molecular formula is C13H21Cl2N3. The van der Waals surface area contributed by atoms with Crippen LogP contribution in [0.3, 0.4) is 0 Å². The van der Waals surface area contributed by atoms with E-state index in [2.05, 4.69) is 36.0 Å². The van der Waals surface area contributed by atoms with Gasteiger partial charge in [0.05, 0.1) is 10.0 Å². The maximum absolute atomic E-state index is 6.23. The van der Waals surface area contributed by atoms with Crippen molar-refractivity contribution in [2.24, 2.45) is 0 Å². The second-order valence-electron chi connectivity index (χ2n) is 4.13. The molecule has 1 aromatic heterocycles. The predicted molar refractivity (Wildman–Crippen MR) is 81.2 cm³/mol. The maximum Gasteiger partial charge on any atom is 0.149 e. The zero-order valence-corrected chi connectivity index (χ0v) is 12.8. The average Bonchev–Trinajstić information content (AvgIpc) is 2.35. The highest BCUT2D eigenvalue weighted by Gasteiger charge is 2.13. The summed E-state index contributed by atoms with van der Waals surface area (Å²) in [5.41, 5.74) is 0. The van der Waals surface area contributed by atoms with Crippen LogP contribution in [-0.2, 0) is 0 Å². The first-order valence-electron chi connectivity index (χ1n) is 6.48. The van der Waals surface area contributed by atoms with Crippen molar-refractivity contribution in [2.45, 2.75) is 33.6 Å². The van der Waals surface area contributed by atoms with Gasteiger partial charge in [-0.15, -0.1) is 0 Å². The molecule has 1 aromatic rings. The normalized spacial score (nSPS) is 10.5. The van der Waals surface area contributed by atoms with E-state index in [9.17, 15) is 0 Å². The van der Waals surface area contributed by atoms with Gasteiger partial charge in [-0.05, 0) is 25.8 Å². The number of anilines is 2. The first-order chi connectivity index (χ1) is 8.63. The van der Waals surface area contributed by atoms with Crippen LogP contribution in [0.1, 0.15) is 33.6 Å². The molecule has 5 heteroatoms. The van der Waals surface area contributed by atoms with Gasteiger partial charge in [0.2, 0.25) is 0 Å². The lowest BCUT2D eigenvalue weighted by atomic mass is 10.3. The van der Waals surface area contributed by atoms with E-state index in [0.29, 0.717) is 15.9 Å². The minimum atomic E-state index is 0.574. The average molecular weight is 290 g/mol. The van der Waals surface area contributed by atoms with Crippen LogP contribution < -0.4 is 10.2 Å². The molecule has 0 saturated carbocycles. The summed E-state index contributed by atoms with van der Waals surface area (Å²) in [6.45, 7) is 9.03. The van der Waals surface area contributed by atoms with Crippen molar-refractivity contribution in [2.75, 3.05) is 29.9 Å². The van der Waals surface area contributed by atoms with Gasteiger partial charge in [0.15, 0.2) is 0 Å². The molecular weight excluding hydrogens is 269 g/mol. The fraction of sp³-hybridized carbons (Fsp3) is 0.615. The smallest absolute Gasteiger partial charge is 0.149 e. The summed E-state index contributed by atoms with van der Waals surface area (Å²) in [7, 11) is 0. The van der Waals surface area contributed by atoms with E-state index < -0.39 is 0 Å². The van der Waals surface area contributed by atoms with Crippen LogP contribution in [0.15, 0.2) is 6.07 Å². The van der Waals surface area contributed by atoms with Crippen LogP contribution >= 0.6 is 23.2 Å². The summed E-state index contributed by atoms with van der Waals surface area (Å²) in [4.78, 5) is 6.71. The van der Waals surface area contributed by atoms with Gasteiger partial charge in [0.25, 0.3) is 0 Å². The number of hydrogen-bond acceptors (Lipinski definition) is 3. The summed E-state index contributed by atoms with van der Waals surface area (Å²) >= 11 is 12.4. The molecule has 0 amide bonds. The first kappa shape index (κ1) is 15.4. The molecule has 102 valence electrons. The zero-order chi connectivity index (χ0) is 13.5. The molecule has 3 nitrogen and oxygen atoms in total. The zero-order valence-electron chi connectivity index (χ0n) is 11.3. The highest BCUT2D eigenvalue weighted by molar-refractivity contribution is 6.37. The molecule has 1 heterocycles. The number of nitrogens with zero attached hydrogens (tertiary/aromatic N) is 2. The molecule has 0 aliphatic carbocycles. The van der Waals surface area contributed by atoms with Gasteiger partial charge in [0.1, 0.15) is 11.6 Å². The highest BCUT2D eigenvalue weighted by atomic mass is 35.5. The van der Waals surface area contributed by atoms with Crippen LogP contribution in [0.4, 0.5) is 11.6 Å². The standard InChI is InChI=1S/C13H21Cl2N3/c1-4-7-16-12-10(14)9-11(15)13(17-12)18(6-3)8-5-2/h9H,4-8H2,1-3H3,(H,16,17). The molecule has 0 radical (unpaired) electrons. The van der Waals surface area contributed by atoms with Crippen molar-refractivity contribution in [3.63, 3.8) is 0 Å². The quantitative estimate of drug-likeness (QED) is 0.804. The monoisotopic (exact) mass is 289 g/mol. The van der Waals surface area contributed by atoms with E-state index in [0.717, 1.165) is 38.3 Å². The van der Waals surface area contributed by atoms with Crippen molar-refractivity contribution in [1.29, 1.82) is 0 Å². The number of pyridine rings is 1. The predicted octanol–water partition coefficient (Wildman–Crippen LogP) is 4.45. The lowest BCUT2D eigenvalue weighted by Crippen LogP contribution is -2.25. The van der Waals surface area contributed by atoms with Gasteiger partial charge in [-0.25, -0.2) is 4.98 Å². The van der Waals surface area contributed by atoms with Gasteiger partial charge in [0, 0.05) is 19.6 Å². The first-order valence-corrected chi connectivity index (χ1v) is 7.24. The van der Waals surface area contributed by atoms with Gasteiger partial charge >= 0.3 is 0 Å². The molecule has 0 aliphatic rings. The third-order valence-corrected chi connectivity index (χ3v) is 3.19. The number of aromatic nitrogens is 1. The van der Waals surface area contributed by atoms with Crippen LogP contribution in [0, 0.1) is 0 Å². The van der Waals surface area contributed by atoms with Gasteiger partial charge in [-0.3, -0.25) is 0 Å². The summed E-state index contributed by atoms with van der Waals surface area (Å²) in [6, 6.07) is 1.77. The summed E-state index contributed by atoms with van der Waals surface area (Å²) in [5, 5.41) is 4.41. The van der Waals surface area contributed by atoms with Crippen molar-refractivity contribution in [3.8, 4) is 0 Å². The van der Waals surface area contributed by atoms with E-state index in [1.807, 2.05) is 0 Å². The van der Waals surface area contributed by atoms with Gasteiger partial charge in [-0.1, -0.05) is 37.0 Å². The minimum absolute atomic E-state index is 0.574. The summed E-state index contributed by atoms with van der Waals surface area (Å²) < 4.78 is 0. The topological polar surface area (TPSA) is 28.2 Å². The summed E-state index contributed by atoms with van der Waals surface area (Å²) in [6.07, 6.45) is 2.09. The molecule has 0 spiro atoms. The molecule has 18 heavy (non-hydrogen) atoms. The molecule has 0 aliphatic heterocycles. The molecule has 0 atom stereocenters. The SMILES string of the molecule is CCCNc1nc(N(CC)CCC)c(Cl)cc1Cl. The van der Waals surface area contributed by atoms with E-state index >= 15 is 0 Å². The Bertz CT molecular complexity index is 383. The molecule has 1 rings (SSSR count). The summed E-state index contributed by atoms with van der Waals surface area (Å²) in [5.74, 6) is 1.52. The third kappa shape index (κ3) is 3.92. The van der Waals surface area contributed by atoms with E-state index in [4.69, 9.17) is 23.2 Å². The maximum atomic E-state index is 6.23. The van der Waals surface area contributed by atoms with Crippen LogP contribution in [0.2, 0.25) is 10.0 Å². The molecule has 0 fully saturated rings. The number of rotatable bonds is 7. The van der Waals surface area contributed by atoms with Crippen LogP contribution in [-0.4, -0.2) is 24.6 Å². The Labute approximate surface area is 119 Å². The Morgan fingerprint density at radius 2 is 1.89 bits per heavy atom. The fourth-order valence-corrected chi connectivity index (χ4v) is 2.27. The Morgan fingerprint density at radius 3 is 2.44 bits per heavy atom. The minimum Gasteiger partial charge on any atom is -0.369 e. The molecule has 0 aromatic carbocycles. The Morgan fingerprint density at radius 1 is 1.17 bits per heavy atom. The van der Waals surface area contributed by atoms with E-state index in [1.165, 1.54) is 0 Å². The highest BCUT2D eigenvalue weighted by Crippen LogP contribution is 2.31. The van der Waals surface area contributed by atoms with E-state index in [-0.39, 0.29) is 0 Å².